The number of halogens is 1. The fourth-order valence-corrected chi connectivity index (χ4v) is 3.54. The van der Waals surface area contributed by atoms with Crippen LogP contribution in [0.1, 0.15) is 27.5 Å². The molecule has 0 aromatic heterocycles. The van der Waals surface area contributed by atoms with Crippen LogP contribution in [0.4, 0.5) is 9.18 Å². The van der Waals surface area contributed by atoms with Gasteiger partial charge in [0.15, 0.2) is 0 Å². The van der Waals surface area contributed by atoms with Gasteiger partial charge < -0.3 is 10.1 Å². The van der Waals surface area contributed by atoms with E-state index in [9.17, 15) is 14.0 Å². The lowest BCUT2D eigenvalue weighted by atomic mass is 10.1. The summed E-state index contributed by atoms with van der Waals surface area (Å²) in [6.45, 7) is 0. The maximum atomic E-state index is 14.1. The molecule has 6 heteroatoms. The first-order valence-electron chi connectivity index (χ1n) is 8.72. The molecule has 0 unspecified atom stereocenters. The Balaban J connectivity index is 1.58. The predicted molar refractivity (Wildman–Crippen MR) is 103 cm³/mol. The van der Waals surface area contributed by atoms with E-state index in [-0.39, 0.29) is 11.3 Å². The van der Waals surface area contributed by atoms with E-state index in [1.54, 1.807) is 0 Å². The average molecular weight is 376 g/mol. The Kier molecular flexibility index (Phi) is 4.53. The normalized spacial score (nSPS) is 12.1. The highest BCUT2D eigenvalue weighted by atomic mass is 19.1. The molecule has 0 atom stereocenters. The molecule has 0 heterocycles. The van der Waals surface area contributed by atoms with Gasteiger partial charge in [0.25, 0.3) is 5.91 Å². The highest BCUT2D eigenvalue weighted by Gasteiger charge is 2.30. The van der Waals surface area contributed by atoms with E-state index in [0.29, 0.717) is 0 Å². The first kappa shape index (κ1) is 17.7. The Morgan fingerprint density at radius 3 is 2.11 bits per heavy atom. The van der Waals surface area contributed by atoms with E-state index >= 15 is 0 Å². The third-order valence-corrected chi connectivity index (χ3v) is 4.76. The van der Waals surface area contributed by atoms with Gasteiger partial charge in [-0.2, -0.15) is 0 Å². The maximum Gasteiger partial charge on any atom is 0.322 e. The second-order valence-electron chi connectivity index (χ2n) is 6.35. The molecule has 2 N–H and O–H groups in total. The first-order valence-corrected chi connectivity index (χ1v) is 8.72. The van der Waals surface area contributed by atoms with Gasteiger partial charge in [-0.1, -0.05) is 54.6 Å². The molecule has 28 heavy (non-hydrogen) atoms. The molecule has 0 saturated carbocycles. The van der Waals surface area contributed by atoms with Crippen molar-refractivity contribution in [1.82, 2.24) is 10.6 Å². The van der Waals surface area contributed by atoms with E-state index < -0.39 is 23.8 Å². The molecule has 0 bridgehead atoms. The molecular weight excluding hydrogens is 359 g/mol. The SMILES string of the molecule is COc1cccc(F)c1C(=O)NC(=O)NC1c2ccccc2-c2ccccc21. The minimum absolute atomic E-state index is 0.0573. The number of hydrogen-bond acceptors (Lipinski definition) is 3. The van der Waals surface area contributed by atoms with Crippen LogP contribution in [0.25, 0.3) is 11.1 Å². The molecule has 0 spiro atoms. The minimum Gasteiger partial charge on any atom is -0.496 e. The Labute approximate surface area is 161 Å². The lowest BCUT2D eigenvalue weighted by Gasteiger charge is -2.16. The molecule has 3 aromatic rings. The summed E-state index contributed by atoms with van der Waals surface area (Å²) >= 11 is 0. The summed E-state index contributed by atoms with van der Waals surface area (Å²) in [7, 11) is 1.33. The summed E-state index contributed by atoms with van der Waals surface area (Å²) < 4.78 is 19.1. The van der Waals surface area contributed by atoms with Crippen LogP contribution in [0, 0.1) is 5.82 Å². The van der Waals surface area contributed by atoms with E-state index in [1.807, 2.05) is 48.5 Å². The van der Waals surface area contributed by atoms with Crippen molar-refractivity contribution >= 4 is 11.9 Å². The fraction of sp³-hybridized carbons (Fsp3) is 0.0909. The molecule has 140 valence electrons. The van der Waals surface area contributed by atoms with Crippen LogP contribution in [-0.2, 0) is 0 Å². The number of amides is 3. The molecule has 3 aromatic carbocycles. The number of hydrogen-bond donors (Lipinski definition) is 2. The van der Waals surface area contributed by atoms with Crippen LogP contribution in [0.15, 0.2) is 66.7 Å². The summed E-state index contributed by atoms with van der Waals surface area (Å²) in [6.07, 6.45) is 0. The number of ether oxygens (including phenoxy) is 1. The lowest BCUT2D eigenvalue weighted by molar-refractivity contribution is 0.0956. The number of nitrogens with one attached hydrogen (secondary N) is 2. The number of fused-ring (bicyclic) bond motifs is 3. The van der Waals surface area contributed by atoms with Crippen LogP contribution in [0.2, 0.25) is 0 Å². The Morgan fingerprint density at radius 1 is 0.893 bits per heavy atom. The van der Waals surface area contributed by atoms with Gasteiger partial charge in [-0.25, -0.2) is 9.18 Å². The van der Waals surface area contributed by atoms with Crippen LogP contribution in [-0.4, -0.2) is 19.0 Å². The number of rotatable bonds is 3. The molecule has 0 aliphatic heterocycles. The summed E-state index contributed by atoms with van der Waals surface area (Å²) in [5, 5.41) is 5.01. The van der Waals surface area contributed by atoms with Gasteiger partial charge in [0.2, 0.25) is 0 Å². The van der Waals surface area contributed by atoms with Gasteiger partial charge in [-0.3, -0.25) is 10.1 Å². The second-order valence-corrected chi connectivity index (χ2v) is 6.35. The zero-order valence-corrected chi connectivity index (χ0v) is 15.0. The van der Waals surface area contributed by atoms with Gasteiger partial charge in [-0.15, -0.1) is 0 Å². The van der Waals surface area contributed by atoms with Gasteiger partial charge in [0.1, 0.15) is 17.1 Å². The molecular formula is C22H17FN2O3. The van der Waals surface area contributed by atoms with Crippen LogP contribution >= 0.6 is 0 Å². The Hall–Kier alpha value is -3.67. The van der Waals surface area contributed by atoms with Crippen molar-refractivity contribution in [2.24, 2.45) is 0 Å². The van der Waals surface area contributed by atoms with Crippen molar-refractivity contribution in [3.05, 3.63) is 89.2 Å². The summed E-state index contributed by atoms with van der Waals surface area (Å²) in [5.74, 6) is -1.57. The van der Waals surface area contributed by atoms with Gasteiger partial charge in [-0.05, 0) is 34.4 Å². The topological polar surface area (TPSA) is 67.4 Å². The number of methoxy groups -OCH3 is 1. The number of carbonyl (C=O) groups excluding carboxylic acids is 2. The predicted octanol–water partition coefficient (Wildman–Crippen LogP) is 4.04. The molecule has 3 amide bonds. The van der Waals surface area contributed by atoms with E-state index in [1.165, 1.54) is 19.2 Å². The molecule has 0 saturated heterocycles. The quantitative estimate of drug-likeness (QED) is 0.725. The van der Waals surface area contributed by atoms with Gasteiger partial charge in [0, 0.05) is 0 Å². The number of urea groups is 1. The fourth-order valence-electron chi connectivity index (χ4n) is 3.54. The standard InChI is InChI=1S/C22H17FN2O3/c1-28-18-12-6-11-17(23)19(18)21(26)25-22(27)24-20-15-9-4-2-7-13(15)14-8-3-5-10-16(14)20/h2-12,20H,1H3,(H2,24,25,26,27). The lowest BCUT2D eigenvalue weighted by Crippen LogP contribution is -2.41. The van der Waals surface area contributed by atoms with Crippen LogP contribution in [0.5, 0.6) is 5.75 Å². The van der Waals surface area contributed by atoms with Crippen LogP contribution in [0.3, 0.4) is 0 Å². The first-order chi connectivity index (χ1) is 13.6. The zero-order chi connectivity index (χ0) is 19.7. The number of benzene rings is 3. The molecule has 1 aliphatic rings. The van der Waals surface area contributed by atoms with Crippen molar-refractivity contribution in [1.29, 1.82) is 0 Å². The largest absolute Gasteiger partial charge is 0.496 e. The summed E-state index contributed by atoms with van der Waals surface area (Å²) in [6, 6.07) is 18.4. The number of imide groups is 1. The average Bonchev–Trinajstić information content (AvgIpc) is 3.01. The highest BCUT2D eigenvalue weighted by Crippen LogP contribution is 2.42. The van der Waals surface area contributed by atoms with Crippen LogP contribution < -0.4 is 15.4 Å². The van der Waals surface area contributed by atoms with Gasteiger partial charge >= 0.3 is 6.03 Å². The third kappa shape index (κ3) is 2.99. The minimum atomic E-state index is -0.869. The Bertz CT molecular complexity index is 1040. The monoisotopic (exact) mass is 376 g/mol. The van der Waals surface area contributed by atoms with Crippen molar-refractivity contribution in [3.8, 4) is 16.9 Å². The highest BCUT2D eigenvalue weighted by molar-refractivity contribution is 6.06. The van der Waals surface area contributed by atoms with Crippen molar-refractivity contribution in [2.75, 3.05) is 7.11 Å². The second kappa shape index (κ2) is 7.15. The van der Waals surface area contributed by atoms with Crippen molar-refractivity contribution in [3.63, 3.8) is 0 Å². The van der Waals surface area contributed by atoms with Crippen molar-refractivity contribution < 1.29 is 18.7 Å². The Morgan fingerprint density at radius 2 is 1.50 bits per heavy atom. The van der Waals surface area contributed by atoms with Gasteiger partial charge in [0.05, 0.1) is 13.2 Å². The third-order valence-electron chi connectivity index (χ3n) is 4.76. The molecule has 5 nitrogen and oxygen atoms in total. The maximum absolute atomic E-state index is 14.1. The molecule has 1 aliphatic carbocycles. The summed E-state index contributed by atoms with van der Waals surface area (Å²) in [5.41, 5.74) is 3.63. The van der Waals surface area contributed by atoms with E-state index in [4.69, 9.17) is 4.74 Å². The van der Waals surface area contributed by atoms with Crippen molar-refractivity contribution in [2.45, 2.75) is 6.04 Å². The smallest absolute Gasteiger partial charge is 0.322 e. The molecule has 0 radical (unpaired) electrons. The van der Waals surface area contributed by atoms with E-state index in [0.717, 1.165) is 28.3 Å². The number of carbonyl (C=O) groups is 2. The molecule has 4 rings (SSSR count). The summed E-state index contributed by atoms with van der Waals surface area (Å²) in [4.78, 5) is 24.9. The molecule has 0 fully saturated rings. The zero-order valence-electron chi connectivity index (χ0n) is 15.0. The van der Waals surface area contributed by atoms with E-state index in [2.05, 4.69) is 10.6 Å².